The van der Waals surface area contributed by atoms with Crippen molar-refractivity contribution < 1.29 is 13.2 Å². The van der Waals surface area contributed by atoms with E-state index in [1.54, 1.807) is 42.7 Å². The van der Waals surface area contributed by atoms with Gasteiger partial charge in [-0.2, -0.15) is 4.31 Å². The summed E-state index contributed by atoms with van der Waals surface area (Å²) in [5.74, 6) is 1.38. The summed E-state index contributed by atoms with van der Waals surface area (Å²) in [5.41, 5.74) is 0. The van der Waals surface area contributed by atoms with Crippen molar-refractivity contribution in [2.45, 2.75) is 43.5 Å². The van der Waals surface area contributed by atoms with Gasteiger partial charge in [0.25, 0.3) is 0 Å². The van der Waals surface area contributed by atoms with Gasteiger partial charge in [-0.05, 0) is 55.9 Å². The maximum absolute atomic E-state index is 12.6. The molecule has 112 valence electrons. The lowest BCUT2D eigenvalue weighted by atomic mass is 9.87. The molecule has 0 aliphatic heterocycles. The molecular weight excluding hydrogens is 274 g/mol. The first-order valence-corrected chi connectivity index (χ1v) is 8.51. The fraction of sp³-hybridized carbons (Fsp3) is 0.600. The molecular formula is C15H23NO3S. The minimum atomic E-state index is -3.40. The molecule has 1 aliphatic rings. The van der Waals surface area contributed by atoms with Gasteiger partial charge in [0, 0.05) is 13.1 Å². The van der Waals surface area contributed by atoms with Gasteiger partial charge in [-0.25, -0.2) is 8.42 Å². The van der Waals surface area contributed by atoms with E-state index < -0.39 is 10.0 Å². The number of ether oxygens (including phenoxy) is 1. The average molecular weight is 297 g/mol. The Bertz CT molecular complexity index is 531. The van der Waals surface area contributed by atoms with Crippen LogP contribution in [0.5, 0.6) is 5.75 Å². The zero-order valence-electron chi connectivity index (χ0n) is 12.4. The van der Waals surface area contributed by atoms with E-state index in [-0.39, 0.29) is 6.04 Å². The number of methoxy groups -OCH3 is 1. The van der Waals surface area contributed by atoms with Gasteiger partial charge in [0.1, 0.15) is 5.75 Å². The Kier molecular flexibility index (Phi) is 4.70. The van der Waals surface area contributed by atoms with E-state index in [2.05, 4.69) is 6.92 Å². The minimum Gasteiger partial charge on any atom is -0.497 e. The van der Waals surface area contributed by atoms with Crippen molar-refractivity contribution in [3.63, 3.8) is 0 Å². The van der Waals surface area contributed by atoms with Crippen LogP contribution in [0.2, 0.25) is 0 Å². The molecule has 20 heavy (non-hydrogen) atoms. The second-order valence-electron chi connectivity index (χ2n) is 5.61. The number of nitrogens with zero attached hydrogens (tertiary/aromatic N) is 1. The molecule has 1 aromatic carbocycles. The van der Waals surface area contributed by atoms with Crippen molar-refractivity contribution in [1.82, 2.24) is 4.31 Å². The first kappa shape index (κ1) is 15.3. The van der Waals surface area contributed by atoms with Crippen molar-refractivity contribution in [2.24, 2.45) is 5.92 Å². The molecule has 4 nitrogen and oxygen atoms in total. The molecule has 0 atom stereocenters. The summed E-state index contributed by atoms with van der Waals surface area (Å²) < 4.78 is 31.8. The number of sulfonamides is 1. The van der Waals surface area contributed by atoms with Gasteiger partial charge >= 0.3 is 0 Å². The van der Waals surface area contributed by atoms with E-state index in [1.807, 2.05) is 0 Å². The van der Waals surface area contributed by atoms with Gasteiger partial charge < -0.3 is 4.74 Å². The normalized spacial score (nSPS) is 23.8. The molecule has 2 rings (SSSR count). The standard InChI is InChI=1S/C15H23NO3S/c1-12-4-6-13(7-5-12)16(2)20(17,18)15-10-8-14(19-3)9-11-15/h8-13H,4-7H2,1-3H3. The van der Waals surface area contributed by atoms with E-state index >= 15 is 0 Å². The summed E-state index contributed by atoms with van der Waals surface area (Å²) in [4.78, 5) is 0.333. The Hall–Kier alpha value is -1.07. The first-order chi connectivity index (χ1) is 9.45. The Labute approximate surface area is 121 Å². The monoisotopic (exact) mass is 297 g/mol. The highest BCUT2D eigenvalue weighted by atomic mass is 32.2. The predicted molar refractivity (Wildman–Crippen MR) is 79.4 cm³/mol. The lowest BCUT2D eigenvalue weighted by Gasteiger charge is -2.32. The molecule has 0 amide bonds. The molecule has 0 unspecified atom stereocenters. The second kappa shape index (κ2) is 6.14. The Morgan fingerprint density at radius 3 is 2.15 bits per heavy atom. The molecule has 0 radical (unpaired) electrons. The lowest BCUT2D eigenvalue weighted by molar-refractivity contribution is 0.246. The number of rotatable bonds is 4. The third-order valence-corrected chi connectivity index (χ3v) is 6.16. The molecule has 1 aromatic rings. The van der Waals surface area contributed by atoms with Crippen LogP contribution in [-0.2, 0) is 10.0 Å². The van der Waals surface area contributed by atoms with Crippen LogP contribution in [0.1, 0.15) is 32.6 Å². The van der Waals surface area contributed by atoms with Crippen molar-refractivity contribution in [2.75, 3.05) is 14.2 Å². The summed E-state index contributed by atoms with van der Waals surface area (Å²) in [6, 6.07) is 6.71. The van der Waals surface area contributed by atoms with Crippen LogP contribution in [0, 0.1) is 5.92 Å². The van der Waals surface area contributed by atoms with Gasteiger partial charge in [-0.3, -0.25) is 0 Å². The Morgan fingerprint density at radius 1 is 1.10 bits per heavy atom. The van der Waals surface area contributed by atoms with Gasteiger partial charge in [-0.1, -0.05) is 6.92 Å². The highest BCUT2D eigenvalue weighted by Gasteiger charge is 2.30. The molecule has 0 spiro atoms. The smallest absolute Gasteiger partial charge is 0.243 e. The third-order valence-electron chi connectivity index (χ3n) is 4.24. The quantitative estimate of drug-likeness (QED) is 0.858. The maximum Gasteiger partial charge on any atom is 0.243 e. The highest BCUT2D eigenvalue weighted by molar-refractivity contribution is 7.89. The van der Waals surface area contributed by atoms with Gasteiger partial charge in [-0.15, -0.1) is 0 Å². The molecule has 1 fully saturated rings. The van der Waals surface area contributed by atoms with Crippen LogP contribution < -0.4 is 4.74 Å². The van der Waals surface area contributed by atoms with E-state index in [9.17, 15) is 8.42 Å². The summed E-state index contributed by atoms with van der Waals surface area (Å²) in [5, 5.41) is 0. The van der Waals surface area contributed by atoms with Crippen LogP contribution in [0.3, 0.4) is 0 Å². The molecule has 1 saturated carbocycles. The van der Waals surface area contributed by atoms with Crippen LogP contribution in [0.25, 0.3) is 0 Å². The molecule has 0 N–H and O–H groups in total. The molecule has 0 saturated heterocycles. The topological polar surface area (TPSA) is 46.6 Å². The van der Waals surface area contributed by atoms with E-state index in [1.165, 1.54) is 0 Å². The Balaban J connectivity index is 2.16. The zero-order valence-corrected chi connectivity index (χ0v) is 13.2. The average Bonchev–Trinajstić information content (AvgIpc) is 2.47. The van der Waals surface area contributed by atoms with Crippen LogP contribution >= 0.6 is 0 Å². The minimum absolute atomic E-state index is 0.123. The van der Waals surface area contributed by atoms with E-state index in [0.29, 0.717) is 16.6 Å². The summed E-state index contributed by atoms with van der Waals surface area (Å²) in [6.07, 6.45) is 4.11. The van der Waals surface area contributed by atoms with Crippen LogP contribution in [-0.4, -0.2) is 32.9 Å². The fourth-order valence-corrected chi connectivity index (χ4v) is 4.13. The summed E-state index contributed by atoms with van der Waals surface area (Å²) in [7, 11) is -0.140. The van der Waals surface area contributed by atoms with Crippen molar-refractivity contribution in [1.29, 1.82) is 0 Å². The summed E-state index contributed by atoms with van der Waals surface area (Å²) in [6.45, 7) is 2.23. The molecule has 0 aromatic heterocycles. The number of hydrogen-bond acceptors (Lipinski definition) is 3. The van der Waals surface area contributed by atoms with Crippen LogP contribution in [0.4, 0.5) is 0 Å². The SMILES string of the molecule is COc1ccc(S(=O)(=O)N(C)C2CCC(C)CC2)cc1. The van der Waals surface area contributed by atoms with Gasteiger partial charge in [0.2, 0.25) is 10.0 Å². The molecule has 1 aliphatic carbocycles. The van der Waals surface area contributed by atoms with E-state index in [4.69, 9.17) is 4.74 Å². The number of benzene rings is 1. The molecule has 0 heterocycles. The number of hydrogen-bond donors (Lipinski definition) is 0. The third kappa shape index (κ3) is 3.15. The van der Waals surface area contributed by atoms with Crippen LogP contribution in [0.15, 0.2) is 29.2 Å². The second-order valence-corrected chi connectivity index (χ2v) is 7.61. The van der Waals surface area contributed by atoms with Gasteiger partial charge in [0.05, 0.1) is 12.0 Å². The molecule has 0 bridgehead atoms. The first-order valence-electron chi connectivity index (χ1n) is 7.07. The Morgan fingerprint density at radius 2 is 1.65 bits per heavy atom. The fourth-order valence-electron chi connectivity index (χ4n) is 2.72. The lowest BCUT2D eigenvalue weighted by Crippen LogP contribution is -2.39. The predicted octanol–water partition coefficient (Wildman–Crippen LogP) is 2.89. The maximum atomic E-state index is 12.6. The summed E-state index contributed by atoms with van der Waals surface area (Å²) >= 11 is 0. The van der Waals surface area contributed by atoms with Crippen molar-refractivity contribution >= 4 is 10.0 Å². The van der Waals surface area contributed by atoms with Crippen molar-refractivity contribution in [3.05, 3.63) is 24.3 Å². The zero-order chi connectivity index (χ0) is 14.8. The van der Waals surface area contributed by atoms with Crippen molar-refractivity contribution in [3.8, 4) is 5.75 Å². The highest BCUT2D eigenvalue weighted by Crippen LogP contribution is 2.29. The van der Waals surface area contributed by atoms with E-state index in [0.717, 1.165) is 25.7 Å². The molecule has 5 heteroatoms. The largest absolute Gasteiger partial charge is 0.497 e. The van der Waals surface area contributed by atoms with Gasteiger partial charge in [0.15, 0.2) is 0 Å².